The van der Waals surface area contributed by atoms with Gasteiger partial charge in [-0.1, -0.05) is 36.8 Å². The van der Waals surface area contributed by atoms with Crippen LogP contribution in [0.3, 0.4) is 0 Å². The molecule has 0 aliphatic carbocycles. The van der Waals surface area contributed by atoms with Crippen molar-refractivity contribution in [2.24, 2.45) is 5.92 Å². The molecule has 15 heteroatoms. The maximum atomic E-state index is 12.6. The van der Waals surface area contributed by atoms with Gasteiger partial charge in [0.05, 0.1) is 23.6 Å². The Bertz CT molecular complexity index is 1360. The van der Waals surface area contributed by atoms with Gasteiger partial charge >= 0.3 is 10.1 Å². The van der Waals surface area contributed by atoms with Crippen molar-refractivity contribution in [3.05, 3.63) is 28.3 Å². The molecule has 1 amide bonds. The fourth-order valence-electron chi connectivity index (χ4n) is 2.54. The van der Waals surface area contributed by atoms with Crippen LogP contribution in [-0.4, -0.2) is 51.6 Å². The lowest BCUT2D eigenvalue weighted by Gasteiger charge is -2.13. The zero-order valence-electron chi connectivity index (χ0n) is 18.5. The largest absolute Gasteiger partial charge is 0.490 e. The van der Waals surface area contributed by atoms with E-state index in [1.54, 1.807) is 26.8 Å². The number of halogens is 1. The minimum absolute atomic E-state index is 0.00602. The number of ether oxygens (including phenoxy) is 1. The Hall–Kier alpha value is -2.73. The Kier molecular flexibility index (Phi) is 9.01. The van der Waals surface area contributed by atoms with Crippen LogP contribution in [0.2, 0.25) is 5.02 Å². The third-order valence-electron chi connectivity index (χ3n) is 3.69. The van der Waals surface area contributed by atoms with Crippen molar-refractivity contribution in [3.63, 3.8) is 0 Å². The van der Waals surface area contributed by atoms with E-state index < -0.39 is 25.9 Å². The van der Waals surface area contributed by atoms with Crippen LogP contribution < -0.4 is 14.2 Å². The van der Waals surface area contributed by atoms with Crippen LogP contribution in [0.15, 0.2) is 22.0 Å². The lowest BCUT2D eigenvalue weighted by Crippen LogP contribution is -2.13. The van der Waals surface area contributed by atoms with Gasteiger partial charge in [0, 0.05) is 0 Å². The van der Waals surface area contributed by atoms with Crippen molar-refractivity contribution in [2.75, 3.05) is 23.9 Å². The molecule has 1 heterocycles. The number of carbonyl (C=O) groups excluding carboxylic acids is 1. The lowest BCUT2D eigenvalue weighted by atomic mass is 10.1. The van der Waals surface area contributed by atoms with E-state index in [2.05, 4.69) is 15.5 Å². The average molecular weight is 549 g/mol. The maximum Gasteiger partial charge on any atom is 0.306 e. The van der Waals surface area contributed by atoms with E-state index in [-0.39, 0.29) is 55.4 Å². The second kappa shape index (κ2) is 11.1. The molecular formula is C19H21ClN4O7S3. The third kappa shape index (κ3) is 7.66. The van der Waals surface area contributed by atoms with E-state index >= 15 is 0 Å². The number of nitriles is 1. The molecule has 1 aromatic carbocycles. The molecule has 2 rings (SSSR count). The van der Waals surface area contributed by atoms with Crippen LogP contribution in [0.5, 0.6) is 11.5 Å². The number of anilines is 1. The van der Waals surface area contributed by atoms with Crippen LogP contribution in [0.4, 0.5) is 5.13 Å². The first-order chi connectivity index (χ1) is 15.8. The summed E-state index contributed by atoms with van der Waals surface area (Å²) in [5, 5.41) is 18.8. The number of rotatable bonds is 10. The topological polar surface area (TPSA) is 165 Å². The molecule has 1 N–H and O–H groups in total. The molecule has 0 spiro atoms. The highest BCUT2D eigenvalue weighted by Gasteiger charge is 2.23. The van der Waals surface area contributed by atoms with E-state index in [1.807, 2.05) is 0 Å². The first kappa shape index (κ1) is 27.5. The van der Waals surface area contributed by atoms with Gasteiger partial charge in [0.15, 0.2) is 5.75 Å². The molecule has 2 aromatic rings. The monoisotopic (exact) mass is 548 g/mol. The molecule has 0 aliphatic heterocycles. The maximum absolute atomic E-state index is 12.6. The number of hydrogen-bond acceptors (Lipinski definition) is 11. The van der Waals surface area contributed by atoms with Gasteiger partial charge in [0.25, 0.3) is 5.91 Å². The Morgan fingerprint density at radius 2 is 1.97 bits per heavy atom. The summed E-state index contributed by atoms with van der Waals surface area (Å²) in [4.78, 5) is 12.6. The Morgan fingerprint density at radius 3 is 2.53 bits per heavy atom. The number of nitrogens with one attached hydrogen (secondary N) is 1. The van der Waals surface area contributed by atoms with E-state index in [4.69, 9.17) is 20.5 Å². The van der Waals surface area contributed by atoms with Gasteiger partial charge in [-0.15, -0.1) is 10.2 Å². The highest BCUT2D eigenvalue weighted by atomic mass is 35.5. The standard InChI is InChI=1S/C19H21ClN4O7S3/c1-5-30-15-8-12(7-14(20)16(15)31-33(4,26)27)6-13(9-21)17(25)22-18-23-24-19(32-18)34(28,29)10-11(2)3/h6-8,11H,5,10H2,1-4H3,(H,22,23,25). The minimum atomic E-state index is -3.90. The van der Waals surface area contributed by atoms with Gasteiger partial charge in [0.2, 0.25) is 25.1 Å². The van der Waals surface area contributed by atoms with Crippen LogP contribution in [0, 0.1) is 17.2 Å². The molecule has 0 bridgehead atoms. The van der Waals surface area contributed by atoms with Gasteiger partial charge in [-0.05, 0) is 36.6 Å². The molecular weight excluding hydrogens is 528 g/mol. The molecule has 0 unspecified atom stereocenters. The Balaban J connectivity index is 2.33. The SMILES string of the molecule is CCOc1cc(C=C(C#N)C(=O)Nc2nnc(S(=O)(=O)CC(C)C)s2)cc(Cl)c1OS(C)(=O)=O. The first-order valence-corrected chi connectivity index (χ1v) is 14.3. The third-order valence-corrected chi connectivity index (χ3v) is 7.80. The second-order valence-corrected chi connectivity index (χ2v) is 12.4. The molecule has 0 saturated carbocycles. The summed E-state index contributed by atoms with van der Waals surface area (Å²) < 4.78 is 57.5. The number of carbonyl (C=O) groups is 1. The Morgan fingerprint density at radius 1 is 1.29 bits per heavy atom. The number of aromatic nitrogens is 2. The highest BCUT2D eigenvalue weighted by molar-refractivity contribution is 7.93. The zero-order valence-corrected chi connectivity index (χ0v) is 21.7. The fourth-order valence-corrected chi connectivity index (χ4v) is 5.93. The normalized spacial score (nSPS) is 12.3. The van der Waals surface area contributed by atoms with Gasteiger partial charge in [-0.2, -0.15) is 13.7 Å². The van der Waals surface area contributed by atoms with E-state index in [1.165, 1.54) is 18.2 Å². The summed E-state index contributed by atoms with van der Waals surface area (Å²) in [6, 6.07) is 4.37. The quantitative estimate of drug-likeness (QED) is 0.202. The predicted octanol–water partition coefficient (Wildman–Crippen LogP) is 2.90. The number of nitrogens with zero attached hydrogens (tertiary/aromatic N) is 3. The summed E-state index contributed by atoms with van der Waals surface area (Å²) in [5.41, 5.74) is -0.115. The molecule has 34 heavy (non-hydrogen) atoms. The van der Waals surface area contributed by atoms with Gasteiger partial charge in [0.1, 0.15) is 11.6 Å². The molecule has 0 radical (unpaired) electrons. The number of hydrogen-bond donors (Lipinski definition) is 1. The predicted molar refractivity (Wildman–Crippen MR) is 127 cm³/mol. The van der Waals surface area contributed by atoms with Crippen molar-refractivity contribution in [1.29, 1.82) is 5.26 Å². The average Bonchev–Trinajstić information content (AvgIpc) is 3.16. The molecule has 0 fully saturated rings. The van der Waals surface area contributed by atoms with Gasteiger partial charge < -0.3 is 8.92 Å². The van der Waals surface area contributed by atoms with Crippen molar-refractivity contribution in [1.82, 2.24) is 10.2 Å². The molecule has 0 atom stereocenters. The molecule has 11 nitrogen and oxygen atoms in total. The second-order valence-electron chi connectivity index (χ2n) is 7.22. The summed E-state index contributed by atoms with van der Waals surface area (Å²) in [6.07, 6.45) is 2.03. The van der Waals surface area contributed by atoms with Crippen LogP contribution in [0.1, 0.15) is 26.3 Å². The van der Waals surface area contributed by atoms with Crippen molar-refractivity contribution in [2.45, 2.75) is 25.1 Å². The summed E-state index contributed by atoms with van der Waals surface area (Å²) in [5.74, 6) is -1.34. The van der Waals surface area contributed by atoms with Crippen molar-refractivity contribution in [3.8, 4) is 17.6 Å². The Labute approximate surface area is 206 Å². The van der Waals surface area contributed by atoms with E-state index in [0.717, 1.165) is 6.26 Å². The van der Waals surface area contributed by atoms with Crippen LogP contribution in [0.25, 0.3) is 6.08 Å². The van der Waals surface area contributed by atoms with Crippen molar-refractivity contribution < 1.29 is 30.6 Å². The molecule has 184 valence electrons. The van der Waals surface area contributed by atoms with Crippen LogP contribution >= 0.6 is 22.9 Å². The molecule has 0 aliphatic rings. The number of benzene rings is 1. The summed E-state index contributed by atoms with van der Waals surface area (Å²) in [6.45, 7) is 5.31. The number of sulfone groups is 1. The molecule has 0 saturated heterocycles. The van der Waals surface area contributed by atoms with Gasteiger partial charge in [-0.3, -0.25) is 10.1 Å². The number of amides is 1. The smallest absolute Gasteiger partial charge is 0.306 e. The fraction of sp³-hybridized carbons (Fsp3) is 0.368. The lowest BCUT2D eigenvalue weighted by molar-refractivity contribution is -0.112. The molecule has 1 aromatic heterocycles. The highest BCUT2D eigenvalue weighted by Crippen LogP contribution is 2.38. The first-order valence-electron chi connectivity index (χ1n) is 9.61. The summed E-state index contributed by atoms with van der Waals surface area (Å²) in [7, 11) is -7.55. The summed E-state index contributed by atoms with van der Waals surface area (Å²) >= 11 is 6.81. The van der Waals surface area contributed by atoms with Crippen molar-refractivity contribution >= 4 is 60.0 Å². The van der Waals surface area contributed by atoms with E-state index in [0.29, 0.717) is 11.3 Å². The minimum Gasteiger partial charge on any atom is -0.490 e. The van der Waals surface area contributed by atoms with E-state index in [9.17, 15) is 26.9 Å². The zero-order chi connectivity index (χ0) is 25.7. The van der Waals surface area contributed by atoms with Gasteiger partial charge in [-0.25, -0.2) is 8.42 Å². The van der Waals surface area contributed by atoms with Crippen LogP contribution in [-0.2, 0) is 24.7 Å².